The maximum atomic E-state index is 4.87. The van der Waals surface area contributed by atoms with Gasteiger partial charge < -0.3 is 0 Å². The second-order valence-electron chi connectivity index (χ2n) is 6.07. The van der Waals surface area contributed by atoms with Gasteiger partial charge in [-0.05, 0) is 43.7 Å². The molecule has 0 atom stereocenters. The molecule has 5 rings (SSSR count). The Hall–Kier alpha value is -2.08. The van der Waals surface area contributed by atoms with Crippen LogP contribution in [0.15, 0.2) is 48.5 Å². The molecule has 5 aromatic rings. The third-order valence-electron chi connectivity index (χ3n) is 4.16. The van der Waals surface area contributed by atoms with Crippen LogP contribution in [0.3, 0.4) is 0 Å². The molecule has 0 radical (unpaired) electrons. The SMILES string of the molecule is Cc1ccc(-c2ccc(-c3nc4cc5sc(C)nc5cc4s3)s2)cc1. The molecule has 5 heteroatoms. The average Bonchev–Trinajstić information content (AvgIpc) is 3.29. The number of rotatable bonds is 2. The average molecular weight is 379 g/mol. The minimum Gasteiger partial charge on any atom is -0.241 e. The molecule has 0 unspecified atom stereocenters. The maximum Gasteiger partial charge on any atom is 0.134 e. The molecule has 0 aliphatic carbocycles. The van der Waals surface area contributed by atoms with E-state index in [0.717, 1.165) is 21.0 Å². The minimum absolute atomic E-state index is 1.07. The quantitative estimate of drug-likeness (QED) is 0.333. The van der Waals surface area contributed by atoms with Crippen molar-refractivity contribution in [2.45, 2.75) is 13.8 Å². The van der Waals surface area contributed by atoms with Crippen LogP contribution in [0.5, 0.6) is 0 Å². The number of aromatic nitrogens is 2. The van der Waals surface area contributed by atoms with Gasteiger partial charge in [-0.15, -0.1) is 34.0 Å². The summed E-state index contributed by atoms with van der Waals surface area (Å²) in [4.78, 5) is 12.0. The summed E-state index contributed by atoms with van der Waals surface area (Å²) in [5.74, 6) is 0. The molecule has 0 N–H and O–H groups in total. The molecule has 0 amide bonds. The van der Waals surface area contributed by atoms with Gasteiger partial charge in [0.05, 0.1) is 30.3 Å². The Bertz CT molecular complexity index is 1160. The van der Waals surface area contributed by atoms with Crippen molar-refractivity contribution in [3.63, 3.8) is 0 Å². The van der Waals surface area contributed by atoms with Gasteiger partial charge in [0.2, 0.25) is 0 Å². The van der Waals surface area contributed by atoms with Crippen LogP contribution in [0.1, 0.15) is 10.6 Å². The van der Waals surface area contributed by atoms with Gasteiger partial charge in [-0.1, -0.05) is 29.8 Å². The molecule has 2 aromatic carbocycles. The molecule has 122 valence electrons. The molecule has 0 spiro atoms. The highest BCUT2D eigenvalue weighted by Gasteiger charge is 2.12. The molecule has 0 bridgehead atoms. The van der Waals surface area contributed by atoms with Crippen molar-refractivity contribution in [1.29, 1.82) is 0 Å². The molecule has 0 fully saturated rings. The Morgan fingerprint density at radius 2 is 1.36 bits per heavy atom. The summed E-state index contributed by atoms with van der Waals surface area (Å²) in [5, 5.41) is 2.20. The Morgan fingerprint density at radius 1 is 0.680 bits per heavy atom. The first-order chi connectivity index (χ1) is 12.2. The molecule has 0 aliphatic rings. The van der Waals surface area contributed by atoms with Crippen LogP contribution in [0.25, 0.3) is 40.8 Å². The zero-order valence-corrected chi connectivity index (χ0v) is 16.2. The van der Waals surface area contributed by atoms with E-state index in [1.54, 1.807) is 34.0 Å². The summed E-state index contributed by atoms with van der Waals surface area (Å²) in [7, 11) is 0. The predicted molar refractivity (Wildman–Crippen MR) is 111 cm³/mol. The number of fused-ring (bicyclic) bond motifs is 2. The number of thiophene rings is 1. The standard InChI is InChI=1S/C20H14N2S3/c1-11-3-5-13(6-4-11)16-7-8-17(24-16)20-22-15-10-18-14(9-19(15)25-20)21-12(2)23-18/h3-10H,1-2H3. The molecule has 0 saturated carbocycles. The van der Waals surface area contributed by atoms with Gasteiger partial charge in [-0.25, -0.2) is 9.97 Å². The lowest BCUT2D eigenvalue weighted by molar-refractivity contribution is 1.35. The largest absolute Gasteiger partial charge is 0.241 e. The van der Waals surface area contributed by atoms with Crippen LogP contribution in [-0.4, -0.2) is 9.97 Å². The summed E-state index contributed by atoms with van der Waals surface area (Å²) < 4.78 is 2.42. The Labute approximate surface area is 157 Å². The number of thiazole rings is 2. The topological polar surface area (TPSA) is 25.8 Å². The summed E-state index contributed by atoms with van der Waals surface area (Å²) >= 11 is 5.28. The van der Waals surface area contributed by atoms with Crippen molar-refractivity contribution in [2.75, 3.05) is 0 Å². The lowest BCUT2D eigenvalue weighted by Crippen LogP contribution is -1.73. The zero-order chi connectivity index (χ0) is 17.0. The van der Waals surface area contributed by atoms with Crippen molar-refractivity contribution in [3.05, 3.63) is 59.1 Å². The number of hydrogen-bond donors (Lipinski definition) is 0. The Morgan fingerprint density at radius 3 is 2.16 bits per heavy atom. The van der Waals surface area contributed by atoms with E-state index in [0.29, 0.717) is 0 Å². The van der Waals surface area contributed by atoms with E-state index in [4.69, 9.17) is 4.98 Å². The minimum atomic E-state index is 1.07. The Balaban J connectivity index is 1.57. The smallest absolute Gasteiger partial charge is 0.134 e. The highest BCUT2D eigenvalue weighted by molar-refractivity contribution is 7.26. The first kappa shape index (κ1) is 15.2. The van der Waals surface area contributed by atoms with Crippen LogP contribution in [0, 0.1) is 13.8 Å². The third kappa shape index (κ3) is 2.68. The molecule has 25 heavy (non-hydrogen) atoms. The van der Waals surface area contributed by atoms with Gasteiger partial charge in [0, 0.05) is 4.88 Å². The second kappa shape index (κ2) is 5.73. The van der Waals surface area contributed by atoms with Crippen LogP contribution in [-0.2, 0) is 0 Å². The van der Waals surface area contributed by atoms with Crippen molar-refractivity contribution >= 4 is 54.4 Å². The van der Waals surface area contributed by atoms with Crippen molar-refractivity contribution in [2.24, 2.45) is 0 Å². The fourth-order valence-electron chi connectivity index (χ4n) is 2.90. The molecule has 2 nitrogen and oxygen atoms in total. The van der Waals surface area contributed by atoms with Gasteiger partial charge in [-0.3, -0.25) is 0 Å². The fourth-order valence-corrected chi connectivity index (χ4v) is 5.78. The molecule has 0 aliphatic heterocycles. The number of benzene rings is 2. The van der Waals surface area contributed by atoms with Crippen LogP contribution in [0.4, 0.5) is 0 Å². The van der Waals surface area contributed by atoms with Crippen LogP contribution in [0.2, 0.25) is 0 Å². The zero-order valence-electron chi connectivity index (χ0n) is 13.7. The number of hydrogen-bond acceptors (Lipinski definition) is 5. The fraction of sp³-hybridized carbons (Fsp3) is 0.100. The summed E-state index contributed by atoms with van der Waals surface area (Å²) in [5.41, 5.74) is 4.71. The van der Waals surface area contributed by atoms with Crippen molar-refractivity contribution in [3.8, 4) is 20.3 Å². The molecular formula is C20H14N2S3. The van der Waals surface area contributed by atoms with Crippen LogP contribution < -0.4 is 0 Å². The number of aryl methyl sites for hydroxylation is 2. The van der Waals surface area contributed by atoms with E-state index in [1.165, 1.54) is 30.3 Å². The van der Waals surface area contributed by atoms with E-state index in [2.05, 4.69) is 67.4 Å². The molecular weight excluding hydrogens is 364 g/mol. The Kier molecular flexibility index (Phi) is 3.48. The van der Waals surface area contributed by atoms with E-state index in [9.17, 15) is 0 Å². The van der Waals surface area contributed by atoms with E-state index in [1.807, 2.05) is 0 Å². The maximum absolute atomic E-state index is 4.87. The monoisotopic (exact) mass is 378 g/mol. The lowest BCUT2D eigenvalue weighted by atomic mass is 10.1. The normalized spacial score (nSPS) is 11.6. The summed E-state index contributed by atoms with van der Waals surface area (Å²) in [6.45, 7) is 4.17. The highest BCUT2D eigenvalue weighted by atomic mass is 32.1. The van der Waals surface area contributed by atoms with Gasteiger partial charge >= 0.3 is 0 Å². The molecule has 3 heterocycles. The van der Waals surface area contributed by atoms with E-state index in [-0.39, 0.29) is 0 Å². The summed E-state index contributed by atoms with van der Waals surface area (Å²) in [6, 6.07) is 17.4. The van der Waals surface area contributed by atoms with E-state index >= 15 is 0 Å². The van der Waals surface area contributed by atoms with Crippen molar-refractivity contribution < 1.29 is 0 Å². The predicted octanol–water partition coefficient (Wildman–Crippen LogP) is 6.92. The second-order valence-corrected chi connectivity index (χ2v) is 9.42. The van der Waals surface area contributed by atoms with Gasteiger partial charge in [-0.2, -0.15) is 0 Å². The van der Waals surface area contributed by atoms with Gasteiger partial charge in [0.25, 0.3) is 0 Å². The van der Waals surface area contributed by atoms with Crippen molar-refractivity contribution in [1.82, 2.24) is 9.97 Å². The third-order valence-corrected chi connectivity index (χ3v) is 7.41. The summed E-state index contributed by atoms with van der Waals surface area (Å²) in [6.07, 6.45) is 0. The first-order valence-corrected chi connectivity index (χ1v) is 10.5. The highest BCUT2D eigenvalue weighted by Crippen LogP contribution is 2.39. The van der Waals surface area contributed by atoms with Crippen LogP contribution >= 0.6 is 34.0 Å². The molecule has 0 saturated heterocycles. The lowest BCUT2D eigenvalue weighted by Gasteiger charge is -1.97. The van der Waals surface area contributed by atoms with E-state index < -0.39 is 0 Å². The molecule has 3 aromatic heterocycles. The number of nitrogens with zero attached hydrogens (tertiary/aromatic N) is 2. The first-order valence-electron chi connectivity index (χ1n) is 8.01. The van der Waals surface area contributed by atoms with Gasteiger partial charge in [0.1, 0.15) is 5.01 Å². The van der Waals surface area contributed by atoms with Gasteiger partial charge in [0.15, 0.2) is 0 Å².